The quantitative estimate of drug-likeness (QED) is 0.768. The molecule has 0 aliphatic carbocycles. The molecule has 6 nitrogen and oxygen atoms in total. The highest BCUT2D eigenvalue weighted by Gasteiger charge is 2.52. The lowest BCUT2D eigenvalue weighted by Crippen LogP contribution is -2.40. The molecule has 2 aliphatic rings. The summed E-state index contributed by atoms with van der Waals surface area (Å²) in [5.74, 6) is -4.64. The second-order valence-electron chi connectivity index (χ2n) is 5.02. The van der Waals surface area contributed by atoms with E-state index >= 15 is 0 Å². The zero-order valence-corrected chi connectivity index (χ0v) is 11.7. The van der Waals surface area contributed by atoms with Gasteiger partial charge in [-0.05, 0) is 0 Å². The molecule has 0 saturated carbocycles. The van der Waals surface area contributed by atoms with Crippen molar-refractivity contribution in [1.82, 2.24) is 9.80 Å². The molecule has 0 aromatic carbocycles. The highest BCUT2D eigenvalue weighted by Crippen LogP contribution is 2.37. The summed E-state index contributed by atoms with van der Waals surface area (Å²) in [5, 5.41) is 0. The maximum Gasteiger partial charge on any atom is 0.394 e. The van der Waals surface area contributed by atoms with E-state index in [2.05, 4.69) is 0 Å². The summed E-state index contributed by atoms with van der Waals surface area (Å²) < 4.78 is 38.6. The number of primary amides is 1. The number of thioether (sulfide) groups is 1. The van der Waals surface area contributed by atoms with Gasteiger partial charge in [-0.15, -0.1) is 11.8 Å². The highest BCUT2D eigenvalue weighted by molar-refractivity contribution is 8.00. The second kappa shape index (κ2) is 5.74. The lowest BCUT2D eigenvalue weighted by atomic mass is 9.95. The Morgan fingerprint density at radius 3 is 2.43 bits per heavy atom. The molecule has 3 amide bonds. The summed E-state index contributed by atoms with van der Waals surface area (Å²) in [6.07, 6.45) is -4.59. The molecule has 0 unspecified atom stereocenters. The number of nitrogens with two attached hydrogens (primary N) is 1. The zero-order chi connectivity index (χ0) is 15.8. The zero-order valence-electron chi connectivity index (χ0n) is 10.9. The Bertz CT molecular complexity index is 471. The van der Waals surface area contributed by atoms with E-state index in [-0.39, 0.29) is 24.7 Å². The van der Waals surface area contributed by atoms with Gasteiger partial charge in [0.15, 0.2) is 0 Å². The van der Waals surface area contributed by atoms with Crippen LogP contribution in [0, 0.1) is 11.8 Å². The van der Waals surface area contributed by atoms with E-state index in [0.717, 1.165) is 4.90 Å². The fourth-order valence-corrected chi connectivity index (χ4v) is 3.34. The van der Waals surface area contributed by atoms with Crippen molar-refractivity contribution in [1.29, 1.82) is 0 Å². The molecule has 2 heterocycles. The number of likely N-dealkylation sites (tertiary alicyclic amines) is 1. The first-order valence-electron chi connectivity index (χ1n) is 6.19. The predicted octanol–water partition coefficient (Wildman–Crippen LogP) is -0.359. The van der Waals surface area contributed by atoms with Gasteiger partial charge in [0.1, 0.15) is 6.54 Å². The number of amides is 3. The van der Waals surface area contributed by atoms with Crippen LogP contribution in [0.5, 0.6) is 0 Å². The fraction of sp³-hybridized carbons (Fsp3) is 0.727. The van der Waals surface area contributed by atoms with Crippen LogP contribution in [0.1, 0.15) is 0 Å². The molecular formula is C11H14F3N3O3S. The minimum absolute atomic E-state index is 0.216. The van der Waals surface area contributed by atoms with Crippen LogP contribution in [-0.4, -0.2) is 65.0 Å². The molecule has 2 fully saturated rings. The third-order valence-corrected chi connectivity index (χ3v) is 4.56. The Morgan fingerprint density at radius 2 is 2.00 bits per heavy atom. The summed E-state index contributed by atoms with van der Waals surface area (Å²) in [7, 11) is 0. The van der Waals surface area contributed by atoms with E-state index < -0.39 is 36.4 Å². The second-order valence-corrected chi connectivity index (χ2v) is 5.98. The summed E-state index contributed by atoms with van der Waals surface area (Å²) in [6, 6.07) is 0. The number of rotatable bonds is 3. The van der Waals surface area contributed by atoms with Crippen LogP contribution in [0.3, 0.4) is 0 Å². The minimum atomic E-state index is -4.59. The summed E-state index contributed by atoms with van der Waals surface area (Å²) in [4.78, 5) is 36.8. The van der Waals surface area contributed by atoms with Crippen LogP contribution in [0.15, 0.2) is 0 Å². The van der Waals surface area contributed by atoms with Gasteiger partial charge >= 0.3 is 6.18 Å². The van der Waals surface area contributed by atoms with Gasteiger partial charge in [0.2, 0.25) is 17.7 Å². The number of alkyl halides is 3. The number of halogens is 3. The Labute approximate surface area is 122 Å². The number of carbonyl (C=O) groups excluding carboxylic acids is 3. The van der Waals surface area contributed by atoms with Gasteiger partial charge in [0, 0.05) is 13.1 Å². The highest BCUT2D eigenvalue weighted by atomic mass is 32.2. The maximum atomic E-state index is 12.9. The molecule has 10 heteroatoms. The van der Waals surface area contributed by atoms with Crippen LogP contribution in [0.25, 0.3) is 0 Å². The molecule has 2 atom stereocenters. The Morgan fingerprint density at radius 1 is 1.33 bits per heavy atom. The molecule has 2 rings (SSSR count). The van der Waals surface area contributed by atoms with Crippen LogP contribution in [0.2, 0.25) is 0 Å². The Kier molecular flexibility index (Phi) is 4.35. The average molecular weight is 325 g/mol. The van der Waals surface area contributed by atoms with E-state index in [4.69, 9.17) is 5.73 Å². The normalized spacial score (nSPS) is 26.5. The summed E-state index contributed by atoms with van der Waals surface area (Å²) in [5.41, 5.74) is 4.99. The minimum Gasteiger partial charge on any atom is -0.369 e. The van der Waals surface area contributed by atoms with Crippen LogP contribution < -0.4 is 5.73 Å². The van der Waals surface area contributed by atoms with Crippen LogP contribution in [0.4, 0.5) is 13.2 Å². The van der Waals surface area contributed by atoms with Crippen LogP contribution in [-0.2, 0) is 14.4 Å². The SMILES string of the molecule is NC(=O)[C@@H]1CN(C(=O)CN2CSCC2=O)C[C@H]1C(F)(F)F. The standard InChI is InChI=1S/C11H14F3N3O3S/c12-11(13,14)7-2-16(1-6(7)10(15)20)8(18)3-17-5-21-4-9(17)19/h6-7H,1-5H2,(H2,15,20)/t6-,7-/m1/s1. The van der Waals surface area contributed by atoms with Gasteiger partial charge in [-0.3, -0.25) is 14.4 Å². The number of hydrogen-bond donors (Lipinski definition) is 1. The first kappa shape index (κ1) is 15.9. The third-order valence-electron chi connectivity index (χ3n) is 3.61. The molecule has 0 aromatic rings. The van der Waals surface area contributed by atoms with Crippen molar-refractivity contribution in [3.8, 4) is 0 Å². The largest absolute Gasteiger partial charge is 0.394 e. The monoisotopic (exact) mass is 325 g/mol. The number of hydrogen-bond acceptors (Lipinski definition) is 4. The van der Waals surface area contributed by atoms with Crippen molar-refractivity contribution in [3.05, 3.63) is 0 Å². The fourth-order valence-electron chi connectivity index (χ4n) is 2.43. The van der Waals surface area contributed by atoms with Crippen molar-refractivity contribution >= 4 is 29.5 Å². The van der Waals surface area contributed by atoms with Gasteiger partial charge in [0.05, 0.1) is 23.5 Å². The average Bonchev–Trinajstić information content (AvgIpc) is 2.95. The van der Waals surface area contributed by atoms with Crippen molar-refractivity contribution in [2.45, 2.75) is 6.18 Å². The van der Waals surface area contributed by atoms with E-state index in [1.165, 1.54) is 16.7 Å². The molecule has 0 bridgehead atoms. The maximum absolute atomic E-state index is 12.9. The van der Waals surface area contributed by atoms with Crippen LogP contribution >= 0.6 is 11.8 Å². The molecule has 2 saturated heterocycles. The lowest BCUT2D eigenvalue weighted by Gasteiger charge is -2.21. The molecule has 21 heavy (non-hydrogen) atoms. The number of carbonyl (C=O) groups is 3. The molecule has 0 aromatic heterocycles. The first-order chi connectivity index (χ1) is 9.70. The smallest absolute Gasteiger partial charge is 0.369 e. The van der Waals surface area contributed by atoms with E-state index in [9.17, 15) is 27.6 Å². The third kappa shape index (κ3) is 3.42. The summed E-state index contributed by atoms with van der Waals surface area (Å²) in [6.45, 7) is -1.21. The molecular weight excluding hydrogens is 311 g/mol. The topological polar surface area (TPSA) is 83.7 Å². The Hall–Kier alpha value is -1.45. The Balaban J connectivity index is 2.03. The molecule has 118 valence electrons. The van der Waals surface area contributed by atoms with Gasteiger partial charge in [-0.1, -0.05) is 0 Å². The molecule has 2 N–H and O–H groups in total. The molecule has 0 spiro atoms. The predicted molar refractivity (Wildman–Crippen MR) is 67.8 cm³/mol. The van der Waals surface area contributed by atoms with Crippen molar-refractivity contribution < 1.29 is 27.6 Å². The van der Waals surface area contributed by atoms with Gasteiger partial charge < -0.3 is 15.5 Å². The molecule has 2 aliphatic heterocycles. The van der Waals surface area contributed by atoms with Crippen molar-refractivity contribution in [2.24, 2.45) is 17.6 Å². The summed E-state index contributed by atoms with van der Waals surface area (Å²) >= 11 is 1.34. The van der Waals surface area contributed by atoms with Gasteiger partial charge in [0.25, 0.3) is 0 Å². The first-order valence-corrected chi connectivity index (χ1v) is 7.35. The van der Waals surface area contributed by atoms with E-state index in [1.807, 2.05) is 0 Å². The van der Waals surface area contributed by atoms with E-state index in [1.54, 1.807) is 0 Å². The molecule has 0 radical (unpaired) electrons. The van der Waals surface area contributed by atoms with Gasteiger partial charge in [-0.25, -0.2) is 0 Å². The lowest BCUT2D eigenvalue weighted by molar-refractivity contribution is -0.183. The number of nitrogens with zero attached hydrogens (tertiary/aromatic N) is 2. The van der Waals surface area contributed by atoms with Gasteiger partial charge in [-0.2, -0.15) is 13.2 Å². The van der Waals surface area contributed by atoms with Crippen molar-refractivity contribution in [3.63, 3.8) is 0 Å². The van der Waals surface area contributed by atoms with E-state index in [0.29, 0.717) is 5.88 Å². The van der Waals surface area contributed by atoms with Crippen molar-refractivity contribution in [2.75, 3.05) is 31.3 Å².